The first kappa shape index (κ1) is 21.9. The van der Waals surface area contributed by atoms with E-state index in [0.717, 1.165) is 18.4 Å². The van der Waals surface area contributed by atoms with Gasteiger partial charge in [0.25, 0.3) is 0 Å². The molecule has 8 heteroatoms. The molecule has 0 saturated carbocycles. The summed E-state index contributed by atoms with van der Waals surface area (Å²) in [5, 5.41) is 0. The van der Waals surface area contributed by atoms with E-state index in [0.29, 0.717) is 18.7 Å². The van der Waals surface area contributed by atoms with E-state index >= 15 is 0 Å². The van der Waals surface area contributed by atoms with Crippen molar-refractivity contribution in [2.24, 2.45) is 5.92 Å². The molecule has 3 atom stereocenters. The Morgan fingerprint density at radius 2 is 1.80 bits per heavy atom. The second-order valence-electron chi connectivity index (χ2n) is 8.07. The van der Waals surface area contributed by atoms with Gasteiger partial charge in [0, 0.05) is 6.54 Å². The smallest absolute Gasteiger partial charge is 0.417 e. The number of benzene rings is 1. The molecule has 1 aromatic rings. The van der Waals surface area contributed by atoms with Gasteiger partial charge in [-0.25, -0.2) is 14.5 Å². The zero-order chi connectivity index (χ0) is 21.8. The molecule has 3 amide bonds. The Morgan fingerprint density at radius 1 is 1.10 bits per heavy atom. The second kappa shape index (κ2) is 9.36. The summed E-state index contributed by atoms with van der Waals surface area (Å²) in [6.45, 7) is 4.60. The maximum atomic E-state index is 13.8. The third-order valence-corrected chi connectivity index (χ3v) is 6.00. The molecular formula is C22H30N2O6. The van der Waals surface area contributed by atoms with E-state index in [1.54, 1.807) is 24.1 Å². The Morgan fingerprint density at radius 3 is 2.40 bits per heavy atom. The Labute approximate surface area is 177 Å². The van der Waals surface area contributed by atoms with Gasteiger partial charge < -0.3 is 19.1 Å². The summed E-state index contributed by atoms with van der Waals surface area (Å²) in [7, 11) is 2.91. The topological polar surface area (TPSA) is 85.4 Å². The van der Waals surface area contributed by atoms with E-state index in [4.69, 9.17) is 14.2 Å². The molecule has 2 unspecified atom stereocenters. The highest BCUT2D eigenvalue weighted by atomic mass is 16.6. The van der Waals surface area contributed by atoms with Crippen LogP contribution in [-0.2, 0) is 14.3 Å². The van der Waals surface area contributed by atoms with Crippen molar-refractivity contribution in [2.75, 3.05) is 27.4 Å². The molecule has 0 N–H and O–H groups in total. The van der Waals surface area contributed by atoms with E-state index in [1.165, 1.54) is 12.0 Å². The molecule has 0 bridgehead atoms. The molecule has 2 saturated heterocycles. The number of piperidine rings is 1. The summed E-state index contributed by atoms with van der Waals surface area (Å²) in [5.74, 6) is -0.330. The van der Waals surface area contributed by atoms with Gasteiger partial charge in [-0.15, -0.1) is 0 Å². The fourth-order valence-corrected chi connectivity index (χ4v) is 4.32. The molecule has 8 nitrogen and oxygen atoms in total. The SMILES string of the molecule is COC(=O)N1CCCCC1C(C(=O)N1C(=O)OC[C@@H]1C(C)C)c1ccc(OC)cc1. The molecule has 2 fully saturated rings. The number of hydrogen-bond donors (Lipinski definition) is 0. The number of carbonyl (C=O) groups excluding carboxylic acids is 3. The number of imide groups is 1. The van der Waals surface area contributed by atoms with Crippen molar-refractivity contribution in [3.63, 3.8) is 0 Å². The van der Waals surface area contributed by atoms with Crippen molar-refractivity contribution in [1.82, 2.24) is 9.80 Å². The van der Waals surface area contributed by atoms with Crippen LogP contribution in [0.2, 0.25) is 0 Å². The summed E-state index contributed by atoms with van der Waals surface area (Å²) in [5.41, 5.74) is 0.726. The highest BCUT2D eigenvalue weighted by Gasteiger charge is 2.47. The van der Waals surface area contributed by atoms with Gasteiger partial charge >= 0.3 is 12.2 Å². The van der Waals surface area contributed by atoms with Gasteiger partial charge in [0.1, 0.15) is 12.4 Å². The number of cyclic esters (lactones) is 1. The number of carbonyl (C=O) groups is 3. The van der Waals surface area contributed by atoms with Crippen molar-refractivity contribution < 1.29 is 28.6 Å². The second-order valence-corrected chi connectivity index (χ2v) is 8.07. The summed E-state index contributed by atoms with van der Waals surface area (Å²) >= 11 is 0. The van der Waals surface area contributed by atoms with E-state index in [1.807, 2.05) is 26.0 Å². The van der Waals surface area contributed by atoms with Gasteiger partial charge in [-0.2, -0.15) is 0 Å². The average Bonchev–Trinajstić information content (AvgIpc) is 3.16. The normalized spacial score (nSPS) is 22.6. The zero-order valence-electron chi connectivity index (χ0n) is 18.0. The molecule has 3 rings (SSSR count). The molecular weight excluding hydrogens is 388 g/mol. The van der Waals surface area contributed by atoms with Gasteiger partial charge in [0.2, 0.25) is 5.91 Å². The van der Waals surface area contributed by atoms with Crippen LogP contribution in [0.1, 0.15) is 44.6 Å². The van der Waals surface area contributed by atoms with Crippen LogP contribution in [0.15, 0.2) is 24.3 Å². The molecule has 2 aliphatic rings. The quantitative estimate of drug-likeness (QED) is 0.729. The van der Waals surface area contributed by atoms with Crippen molar-refractivity contribution >= 4 is 18.1 Å². The van der Waals surface area contributed by atoms with E-state index in [2.05, 4.69) is 0 Å². The number of likely N-dealkylation sites (tertiary alicyclic amines) is 1. The van der Waals surface area contributed by atoms with Crippen LogP contribution in [0, 0.1) is 5.92 Å². The number of methoxy groups -OCH3 is 2. The minimum atomic E-state index is -0.706. The summed E-state index contributed by atoms with van der Waals surface area (Å²) in [6.07, 6.45) is 1.28. The molecule has 2 aliphatic heterocycles. The van der Waals surface area contributed by atoms with Crippen molar-refractivity contribution in [3.8, 4) is 5.75 Å². The Kier molecular flexibility index (Phi) is 6.84. The van der Waals surface area contributed by atoms with Crippen LogP contribution in [0.4, 0.5) is 9.59 Å². The summed E-state index contributed by atoms with van der Waals surface area (Å²) in [6, 6.07) is 6.45. The van der Waals surface area contributed by atoms with Gasteiger partial charge in [0.15, 0.2) is 0 Å². The van der Waals surface area contributed by atoms with E-state index < -0.39 is 24.1 Å². The number of hydrogen-bond acceptors (Lipinski definition) is 6. The van der Waals surface area contributed by atoms with Crippen molar-refractivity contribution in [1.29, 1.82) is 0 Å². The maximum Gasteiger partial charge on any atom is 0.417 e. The fraction of sp³-hybridized carbons (Fsp3) is 0.591. The highest BCUT2D eigenvalue weighted by Crippen LogP contribution is 2.35. The Balaban J connectivity index is 2.03. The van der Waals surface area contributed by atoms with Crippen LogP contribution in [0.25, 0.3) is 0 Å². The van der Waals surface area contributed by atoms with Gasteiger partial charge in [-0.3, -0.25) is 4.79 Å². The molecule has 0 radical (unpaired) electrons. The van der Waals surface area contributed by atoms with Gasteiger partial charge in [-0.05, 0) is 42.9 Å². The van der Waals surface area contributed by atoms with Crippen molar-refractivity contribution in [2.45, 2.75) is 51.1 Å². The van der Waals surface area contributed by atoms with Crippen LogP contribution in [0.3, 0.4) is 0 Å². The third kappa shape index (κ3) is 4.22. The number of rotatable bonds is 5. The summed E-state index contributed by atoms with van der Waals surface area (Å²) in [4.78, 5) is 41.6. The first-order valence-corrected chi connectivity index (χ1v) is 10.4. The number of ether oxygens (including phenoxy) is 3. The lowest BCUT2D eigenvalue weighted by Gasteiger charge is -2.40. The van der Waals surface area contributed by atoms with Crippen LogP contribution < -0.4 is 4.74 Å². The average molecular weight is 418 g/mol. The van der Waals surface area contributed by atoms with Crippen LogP contribution >= 0.6 is 0 Å². The first-order valence-electron chi connectivity index (χ1n) is 10.4. The lowest BCUT2D eigenvalue weighted by atomic mass is 9.83. The molecule has 0 spiro atoms. The van der Waals surface area contributed by atoms with Gasteiger partial charge in [-0.1, -0.05) is 26.0 Å². The lowest BCUT2D eigenvalue weighted by Crippen LogP contribution is -2.53. The standard InChI is InChI=1S/C22H30N2O6/c1-14(2)18-13-30-22(27)24(18)20(25)19(15-8-10-16(28-3)11-9-15)17-7-5-6-12-23(17)21(26)29-4/h8-11,14,17-19H,5-7,12-13H2,1-4H3/t17?,18-,19?/m1/s1. The molecule has 0 aromatic heterocycles. The van der Waals surface area contributed by atoms with E-state index in [-0.39, 0.29) is 24.5 Å². The van der Waals surface area contributed by atoms with Gasteiger partial charge in [0.05, 0.1) is 32.2 Å². The lowest BCUT2D eigenvalue weighted by molar-refractivity contribution is -0.133. The first-order chi connectivity index (χ1) is 14.4. The molecule has 30 heavy (non-hydrogen) atoms. The largest absolute Gasteiger partial charge is 0.497 e. The zero-order valence-corrected chi connectivity index (χ0v) is 18.0. The minimum absolute atomic E-state index is 0.0555. The fourth-order valence-electron chi connectivity index (χ4n) is 4.32. The summed E-state index contributed by atoms with van der Waals surface area (Å²) < 4.78 is 15.4. The highest BCUT2D eigenvalue weighted by molar-refractivity contribution is 5.98. The van der Waals surface area contributed by atoms with Crippen LogP contribution in [-0.4, -0.2) is 67.3 Å². The predicted octanol–water partition coefficient (Wildman–Crippen LogP) is 3.40. The Bertz CT molecular complexity index is 778. The number of amides is 3. The maximum absolute atomic E-state index is 13.8. The van der Waals surface area contributed by atoms with Crippen molar-refractivity contribution in [3.05, 3.63) is 29.8 Å². The Hall–Kier alpha value is -2.77. The molecule has 1 aromatic carbocycles. The third-order valence-electron chi connectivity index (χ3n) is 6.00. The minimum Gasteiger partial charge on any atom is -0.497 e. The van der Waals surface area contributed by atoms with E-state index in [9.17, 15) is 14.4 Å². The molecule has 164 valence electrons. The predicted molar refractivity (Wildman–Crippen MR) is 109 cm³/mol. The monoisotopic (exact) mass is 418 g/mol. The van der Waals surface area contributed by atoms with Crippen LogP contribution in [0.5, 0.6) is 5.75 Å². The molecule has 0 aliphatic carbocycles. The number of nitrogens with zero attached hydrogens (tertiary/aromatic N) is 2. The molecule has 2 heterocycles.